The lowest BCUT2D eigenvalue weighted by molar-refractivity contribution is 0.403. The van der Waals surface area contributed by atoms with Gasteiger partial charge in [-0.2, -0.15) is 0 Å². The molecule has 0 amide bonds. The molecule has 0 aromatic carbocycles. The molecule has 0 saturated heterocycles. The number of hydrogen-bond acceptors (Lipinski definition) is 2. The Labute approximate surface area is 163 Å². The number of hydrogen-bond donors (Lipinski definition) is 1. The first-order valence-corrected chi connectivity index (χ1v) is 11.1. The summed E-state index contributed by atoms with van der Waals surface area (Å²) in [5.74, 6) is 0.467. The Kier molecular flexibility index (Phi) is 7.09. The van der Waals surface area contributed by atoms with Crippen LogP contribution in [0.15, 0.2) is 4.79 Å². The number of rotatable bonds is 10. The fraction of sp³-hybridized carbons (Fsp3) is 0.667. The maximum atomic E-state index is 12.9. The third-order valence-electron chi connectivity index (χ3n) is 6.46. The van der Waals surface area contributed by atoms with Gasteiger partial charge in [-0.25, -0.2) is 0 Å². The molecule has 0 unspecified atom stereocenters. The molecule has 1 aromatic rings. The highest BCUT2D eigenvalue weighted by molar-refractivity contribution is 5.84. The molecule has 0 bridgehead atoms. The Hall–Kier alpha value is -1.64. The molecule has 3 heteroatoms. The van der Waals surface area contributed by atoms with Crippen LogP contribution in [0.2, 0.25) is 0 Å². The SMILES string of the molecule is CCCCCCCCc1c(C)c(=O)c2c(n1CC(=N)C1CCC1)=CCCC=2. The summed E-state index contributed by atoms with van der Waals surface area (Å²) >= 11 is 0. The normalized spacial score (nSPS) is 16.2. The summed E-state index contributed by atoms with van der Waals surface area (Å²) in [5.41, 5.74) is 3.17. The highest BCUT2D eigenvalue weighted by Crippen LogP contribution is 2.27. The zero-order chi connectivity index (χ0) is 19.2. The van der Waals surface area contributed by atoms with Crippen molar-refractivity contribution in [2.45, 2.75) is 97.4 Å². The van der Waals surface area contributed by atoms with Crippen molar-refractivity contribution in [2.24, 2.45) is 5.92 Å². The van der Waals surface area contributed by atoms with E-state index < -0.39 is 0 Å². The maximum absolute atomic E-state index is 12.9. The molecule has 1 N–H and O–H groups in total. The smallest absolute Gasteiger partial charge is 0.192 e. The van der Waals surface area contributed by atoms with Gasteiger partial charge < -0.3 is 9.98 Å². The average Bonchev–Trinajstić information content (AvgIpc) is 2.63. The lowest BCUT2D eigenvalue weighted by Gasteiger charge is -2.28. The van der Waals surface area contributed by atoms with Crippen LogP contribution in [-0.2, 0) is 13.0 Å². The Morgan fingerprint density at radius 1 is 1.11 bits per heavy atom. The molecule has 2 aliphatic rings. The second-order valence-corrected chi connectivity index (χ2v) is 8.44. The van der Waals surface area contributed by atoms with Gasteiger partial charge in [0.2, 0.25) is 0 Å². The molecule has 3 rings (SSSR count). The summed E-state index contributed by atoms with van der Waals surface area (Å²) in [4.78, 5) is 12.9. The van der Waals surface area contributed by atoms with Gasteiger partial charge in [0.05, 0.1) is 6.54 Å². The van der Waals surface area contributed by atoms with E-state index in [1.54, 1.807) is 0 Å². The van der Waals surface area contributed by atoms with E-state index in [0.717, 1.165) is 47.5 Å². The van der Waals surface area contributed by atoms with Crippen molar-refractivity contribution >= 4 is 17.9 Å². The first-order chi connectivity index (χ1) is 13.1. The molecule has 2 aliphatic carbocycles. The minimum absolute atomic E-state index is 0.216. The third-order valence-corrected chi connectivity index (χ3v) is 6.46. The van der Waals surface area contributed by atoms with Gasteiger partial charge in [-0.3, -0.25) is 4.79 Å². The van der Waals surface area contributed by atoms with Gasteiger partial charge in [0.15, 0.2) is 5.43 Å². The highest BCUT2D eigenvalue weighted by atomic mass is 16.1. The van der Waals surface area contributed by atoms with Gasteiger partial charge in [-0.05, 0) is 51.4 Å². The number of unbranched alkanes of at least 4 members (excludes halogenated alkanes) is 5. The topological polar surface area (TPSA) is 45.9 Å². The Morgan fingerprint density at radius 2 is 1.81 bits per heavy atom. The lowest BCUT2D eigenvalue weighted by atomic mass is 9.81. The van der Waals surface area contributed by atoms with Crippen LogP contribution in [0.4, 0.5) is 0 Å². The first-order valence-electron chi connectivity index (χ1n) is 11.1. The van der Waals surface area contributed by atoms with Crippen LogP contribution in [-0.4, -0.2) is 10.3 Å². The summed E-state index contributed by atoms with van der Waals surface area (Å²) in [6, 6.07) is 0. The predicted molar refractivity (Wildman–Crippen MR) is 115 cm³/mol. The van der Waals surface area contributed by atoms with E-state index in [2.05, 4.69) is 23.6 Å². The zero-order valence-corrected chi connectivity index (χ0v) is 17.3. The summed E-state index contributed by atoms with van der Waals surface area (Å²) in [5, 5.41) is 10.6. The minimum Gasteiger partial charge on any atom is -0.339 e. The molecule has 148 valence electrons. The van der Waals surface area contributed by atoms with E-state index in [4.69, 9.17) is 5.41 Å². The van der Waals surface area contributed by atoms with Crippen molar-refractivity contribution in [1.29, 1.82) is 5.41 Å². The van der Waals surface area contributed by atoms with E-state index in [1.165, 1.54) is 57.1 Å². The maximum Gasteiger partial charge on any atom is 0.192 e. The summed E-state index contributed by atoms with van der Waals surface area (Å²) in [6.07, 6.45) is 18.5. The molecule has 1 saturated carbocycles. The summed E-state index contributed by atoms with van der Waals surface area (Å²) in [7, 11) is 0. The van der Waals surface area contributed by atoms with Crippen molar-refractivity contribution in [2.75, 3.05) is 0 Å². The Balaban J connectivity index is 1.87. The molecule has 1 aromatic heterocycles. The van der Waals surface area contributed by atoms with Gasteiger partial charge in [0.1, 0.15) is 0 Å². The van der Waals surface area contributed by atoms with Crippen molar-refractivity contribution in [1.82, 2.24) is 4.57 Å². The fourth-order valence-corrected chi connectivity index (χ4v) is 4.44. The van der Waals surface area contributed by atoms with Crippen molar-refractivity contribution < 1.29 is 0 Å². The van der Waals surface area contributed by atoms with Gasteiger partial charge >= 0.3 is 0 Å². The van der Waals surface area contributed by atoms with E-state index in [-0.39, 0.29) is 5.43 Å². The van der Waals surface area contributed by atoms with Gasteiger partial charge in [-0.15, -0.1) is 0 Å². The molecule has 27 heavy (non-hydrogen) atoms. The Bertz CT molecular complexity index is 843. The van der Waals surface area contributed by atoms with Gasteiger partial charge in [0, 0.05) is 27.5 Å². The molecule has 1 heterocycles. The van der Waals surface area contributed by atoms with Crippen LogP contribution < -0.4 is 16.0 Å². The third kappa shape index (κ3) is 4.62. The van der Waals surface area contributed by atoms with E-state index in [0.29, 0.717) is 12.5 Å². The van der Waals surface area contributed by atoms with Crippen LogP contribution >= 0.6 is 0 Å². The molecular weight excluding hydrogens is 332 g/mol. The largest absolute Gasteiger partial charge is 0.339 e. The number of nitrogens with zero attached hydrogens (tertiary/aromatic N) is 1. The predicted octanol–water partition coefficient (Wildman–Crippen LogP) is 4.23. The van der Waals surface area contributed by atoms with Crippen LogP contribution in [0.1, 0.15) is 88.8 Å². The molecule has 0 aliphatic heterocycles. The molecule has 0 atom stereocenters. The first kappa shape index (κ1) is 20.1. The van der Waals surface area contributed by atoms with Crippen LogP contribution in [0.3, 0.4) is 0 Å². The number of fused-ring (bicyclic) bond motifs is 1. The second-order valence-electron chi connectivity index (χ2n) is 8.44. The quantitative estimate of drug-likeness (QED) is 0.487. The van der Waals surface area contributed by atoms with E-state index >= 15 is 0 Å². The van der Waals surface area contributed by atoms with Crippen molar-refractivity contribution in [3.05, 3.63) is 32.0 Å². The molecule has 3 nitrogen and oxygen atoms in total. The molecule has 0 spiro atoms. The van der Waals surface area contributed by atoms with Crippen LogP contribution in [0.5, 0.6) is 0 Å². The van der Waals surface area contributed by atoms with E-state index in [1.807, 2.05) is 6.92 Å². The summed E-state index contributed by atoms with van der Waals surface area (Å²) < 4.78 is 2.33. The molecule has 1 fully saturated rings. The highest BCUT2D eigenvalue weighted by Gasteiger charge is 2.23. The lowest BCUT2D eigenvalue weighted by Crippen LogP contribution is -2.50. The molecular formula is C24H36N2O. The summed E-state index contributed by atoms with van der Waals surface area (Å²) in [6.45, 7) is 4.92. The second kappa shape index (κ2) is 9.52. The number of pyridine rings is 1. The fourth-order valence-electron chi connectivity index (χ4n) is 4.44. The van der Waals surface area contributed by atoms with Crippen molar-refractivity contribution in [3.63, 3.8) is 0 Å². The minimum atomic E-state index is 0.216. The van der Waals surface area contributed by atoms with Crippen LogP contribution in [0.25, 0.3) is 12.2 Å². The zero-order valence-electron chi connectivity index (χ0n) is 17.3. The van der Waals surface area contributed by atoms with Gasteiger partial charge in [0.25, 0.3) is 0 Å². The van der Waals surface area contributed by atoms with Crippen LogP contribution in [0, 0.1) is 18.3 Å². The van der Waals surface area contributed by atoms with E-state index in [9.17, 15) is 4.79 Å². The standard InChI is InChI=1S/C24H36N2O/c1-3-4-5-6-7-8-15-22-18(2)24(27)20-14-9-10-16-23(20)26(22)17-21(25)19-12-11-13-19/h14,16,19,25H,3-13,15,17H2,1-2H3. The number of aromatic nitrogens is 1. The Morgan fingerprint density at radius 3 is 2.52 bits per heavy atom. The molecule has 0 radical (unpaired) electrons. The number of nitrogens with one attached hydrogen (secondary N) is 1. The monoisotopic (exact) mass is 368 g/mol. The van der Waals surface area contributed by atoms with Gasteiger partial charge in [-0.1, -0.05) is 57.6 Å². The average molecular weight is 369 g/mol. The van der Waals surface area contributed by atoms with Crippen molar-refractivity contribution in [3.8, 4) is 0 Å².